The molecule has 1 rings (SSSR count). The molecule has 0 atom stereocenters. The summed E-state index contributed by atoms with van der Waals surface area (Å²) < 4.78 is 63.0. The fraction of sp³-hybridized carbons (Fsp3) is 0.333. The molecule has 0 spiro atoms. The summed E-state index contributed by atoms with van der Waals surface area (Å²) >= 11 is 2.82. The second-order valence-corrected chi connectivity index (χ2v) is 6.00. The lowest BCUT2D eigenvalue weighted by Gasteiger charge is -2.14. The van der Waals surface area contributed by atoms with E-state index in [0.29, 0.717) is 0 Å². The molecule has 0 bridgehead atoms. The third-order valence-electron chi connectivity index (χ3n) is 1.94. The second-order valence-electron chi connectivity index (χ2n) is 3.41. The van der Waals surface area contributed by atoms with Gasteiger partial charge in [-0.3, -0.25) is 0 Å². The van der Waals surface area contributed by atoms with Gasteiger partial charge in [-0.25, -0.2) is 26.3 Å². The Balaban J connectivity index is 2.94. The van der Waals surface area contributed by atoms with E-state index in [0.717, 1.165) is 18.2 Å². The van der Waals surface area contributed by atoms with E-state index in [1.54, 1.807) is 4.72 Å². The van der Waals surface area contributed by atoms with Crippen LogP contribution >= 0.6 is 15.9 Å². The number of rotatable bonds is 5. The van der Waals surface area contributed by atoms with E-state index in [2.05, 4.69) is 15.9 Å². The predicted molar refractivity (Wildman–Crippen MR) is 61.3 cm³/mol. The first-order valence-corrected chi connectivity index (χ1v) is 6.89. The predicted octanol–water partition coefficient (Wildman–Crippen LogP) is 1.49. The lowest BCUT2D eigenvalue weighted by atomic mass is 10.3. The smallest absolute Gasteiger partial charge is 0.283 e. The van der Waals surface area contributed by atoms with E-state index in [-0.39, 0.29) is 9.37 Å². The number of aliphatic hydroxyl groups excluding tert-OH is 1. The van der Waals surface area contributed by atoms with Crippen molar-refractivity contribution in [3.8, 4) is 0 Å². The van der Waals surface area contributed by atoms with E-state index in [1.165, 1.54) is 0 Å². The van der Waals surface area contributed by atoms with Gasteiger partial charge < -0.3 is 5.11 Å². The number of alkyl halides is 2. The standard InChI is InChI=1S/C9H9BrF3NO3S/c10-7-3-6(11)1-2-8(7)18(16,17)14-4-9(12,13)5-15/h1-3,14-15H,4-5H2. The molecule has 0 amide bonds. The molecular formula is C9H9BrF3NO3S. The Morgan fingerprint density at radius 1 is 1.39 bits per heavy atom. The van der Waals surface area contributed by atoms with Crippen molar-refractivity contribution in [2.75, 3.05) is 13.2 Å². The Labute approximate surface area is 110 Å². The van der Waals surface area contributed by atoms with Crippen LogP contribution in [0.4, 0.5) is 13.2 Å². The molecule has 18 heavy (non-hydrogen) atoms. The first kappa shape index (κ1) is 15.4. The van der Waals surface area contributed by atoms with Crippen LogP contribution in [0.1, 0.15) is 0 Å². The summed E-state index contributed by atoms with van der Waals surface area (Å²) in [4.78, 5) is -0.363. The molecule has 0 aliphatic carbocycles. The van der Waals surface area contributed by atoms with Crippen molar-refractivity contribution in [2.45, 2.75) is 10.8 Å². The van der Waals surface area contributed by atoms with Crippen LogP contribution in [0.3, 0.4) is 0 Å². The van der Waals surface area contributed by atoms with E-state index >= 15 is 0 Å². The number of aliphatic hydroxyl groups is 1. The first-order chi connectivity index (χ1) is 8.18. The Kier molecular flexibility index (Phi) is 4.76. The maximum Gasteiger partial charge on any atom is 0.283 e. The van der Waals surface area contributed by atoms with Crippen molar-refractivity contribution in [3.63, 3.8) is 0 Å². The second kappa shape index (κ2) is 5.55. The van der Waals surface area contributed by atoms with Crippen molar-refractivity contribution in [1.82, 2.24) is 4.72 Å². The SMILES string of the molecule is O=S(=O)(NCC(F)(F)CO)c1ccc(F)cc1Br. The number of nitrogens with one attached hydrogen (secondary N) is 1. The molecule has 9 heteroatoms. The van der Waals surface area contributed by atoms with Gasteiger partial charge in [0.2, 0.25) is 10.0 Å². The van der Waals surface area contributed by atoms with Gasteiger partial charge >= 0.3 is 0 Å². The molecule has 102 valence electrons. The molecule has 1 aromatic rings. The molecule has 0 radical (unpaired) electrons. The van der Waals surface area contributed by atoms with Crippen molar-refractivity contribution in [2.24, 2.45) is 0 Å². The van der Waals surface area contributed by atoms with Crippen molar-refractivity contribution in [1.29, 1.82) is 0 Å². The van der Waals surface area contributed by atoms with Gasteiger partial charge in [0, 0.05) is 4.47 Å². The van der Waals surface area contributed by atoms with E-state index < -0.39 is 34.9 Å². The summed E-state index contributed by atoms with van der Waals surface area (Å²) in [5.74, 6) is -4.22. The topological polar surface area (TPSA) is 66.4 Å². The first-order valence-electron chi connectivity index (χ1n) is 4.61. The van der Waals surface area contributed by atoms with Gasteiger partial charge in [-0.15, -0.1) is 0 Å². The number of benzene rings is 1. The maximum atomic E-state index is 12.8. The molecule has 0 aliphatic heterocycles. The van der Waals surface area contributed by atoms with Crippen LogP contribution in [0, 0.1) is 5.82 Å². The lowest BCUT2D eigenvalue weighted by Crippen LogP contribution is -2.39. The molecule has 4 nitrogen and oxygen atoms in total. The normalized spacial score (nSPS) is 12.7. The van der Waals surface area contributed by atoms with Gasteiger partial charge in [-0.2, -0.15) is 0 Å². The summed E-state index contributed by atoms with van der Waals surface area (Å²) in [5.41, 5.74) is 0. The summed E-state index contributed by atoms with van der Waals surface area (Å²) in [6.07, 6.45) is 0. The third-order valence-corrected chi connectivity index (χ3v) is 4.31. The van der Waals surface area contributed by atoms with Crippen LogP contribution in [-0.2, 0) is 10.0 Å². The van der Waals surface area contributed by atoms with Crippen molar-refractivity contribution in [3.05, 3.63) is 28.5 Å². The van der Waals surface area contributed by atoms with E-state index in [4.69, 9.17) is 5.11 Å². The summed E-state index contributed by atoms with van der Waals surface area (Å²) in [6, 6.07) is 2.74. The van der Waals surface area contributed by atoms with E-state index in [9.17, 15) is 21.6 Å². The highest BCUT2D eigenvalue weighted by Gasteiger charge is 2.30. The number of hydrogen-bond donors (Lipinski definition) is 2. The molecular weight excluding hydrogens is 339 g/mol. The number of halogens is 4. The molecule has 0 unspecified atom stereocenters. The fourth-order valence-electron chi connectivity index (χ4n) is 1.03. The molecule has 0 saturated heterocycles. The summed E-state index contributed by atoms with van der Waals surface area (Å²) in [6.45, 7) is -2.71. The molecule has 0 heterocycles. The summed E-state index contributed by atoms with van der Waals surface area (Å²) in [7, 11) is -4.21. The minimum atomic E-state index is -4.21. The Morgan fingerprint density at radius 3 is 2.50 bits per heavy atom. The van der Waals surface area contributed by atoms with Gasteiger partial charge in [0.05, 0.1) is 11.4 Å². The average Bonchev–Trinajstić information content (AvgIpc) is 2.26. The van der Waals surface area contributed by atoms with Gasteiger partial charge in [0.15, 0.2) is 0 Å². The van der Waals surface area contributed by atoms with Gasteiger partial charge in [0.1, 0.15) is 12.4 Å². The lowest BCUT2D eigenvalue weighted by molar-refractivity contribution is -0.0437. The Bertz CT molecular complexity index is 536. The zero-order valence-corrected chi connectivity index (χ0v) is 11.2. The quantitative estimate of drug-likeness (QED) is 0.848. The highest BCUT2D eigenvalue weighted by atomic mass is 79.9. The zero-order chi connectivity index (χ0) is 14.0. The largest absolute Gasteiger partial charge is 0.390 e. The highest BCUT2D eigenvalue weighted by Crippen LogP contribution is 2.23. The van der Waals surface area contributed by atoms with Gasteiger partial charge in [-0.1, -0.05) is 0 Å². The molecule has 0 aromatic heterocycles. The molecule has 1 aromatic carbocycles. The number of hydrogen-bond acceptors (Lipinski definition) is 3. The van der Waals surface area contributed by atoms with Gasteiger partial charge in [-0.05, 0) is 34.1 Å². The fourth-order valence-corrected chi connectivity index (χ4v) is 3.14. The van der Waals surface area contributed by atoms with Crippen molar-refractivity contribution >= 4 is 26.0 Å². The van der Waals surface area contributed by atoms with Crippen LogP contribution < -0.4 is 4.72 Å². The molecule has 2 N–H and O–H groups in total. The zero-order valence-electron chi connectivity index (χ0n) is 8.83. The van der Waals surface area contributed by atoms with Crippen LogP contribution in [0.15, 0.2) is 27.6 Å². The third kappa shape index (κ3) is 3.94. The Morgan fingerprint density at radius 2 is 2.00 bits per heavy atom. The molecule has 0 fully saturated rings. The van der Waals surface area contributed by atoms with E-state index in [1.807, 2.05) is 0 Å². The Hall–Kier alpha value is -0.640. The monoisotopic (exact) mass is 347 g/mol. The highest BCUT2D eigenvalue weighted by molar-refractivity contribution is 9.10. The van der Waals surface area contributed by atoms with Crippen molar-refractivity contribution < 1.29 is 26.7 Å². The molecule has 0 aliphatic rings. The molecule has 0 saturated carbocycles. The van der Waals surface area contributed by atoms with Crippen LogP contribution in [-0.4, -0.2) is 32.6 Å². The summed E-state index contributed by atoms with van der Waals surface area (Å²) in [5, 5.41) is 8.31. The minimum Gasteiger partial charge on any atom is -0.390 e. The average molecular weight is 348 g/mol. The van der Waals surface area contributed by atoms with Crippen LogP contribution in [0.2, 0.25) is 0 Å². The van der Waals surface area contributed by atoms with Crippen LogP contribution in [0.5, 0.6) is 0 Å². The minimum absolute atomic E-state index is 0.0812. The van der Waals surface area contributed by atoms with Crippen LogP contribution in [0.25, 0.3) is 0 Å². The maximum absolute atomic E-state index is 12.8. The number of sulfonamides is 1. The van der Waals surface area contributed by atoms with Gasteiger partial charge in [0.25, 0.3) is 5.92 Å².